The minimum atomic E-state index is -1.14. The molecule has 2 aromatic heterocycles. The van der Waals surface area contributed by atoms with E-state index in [2.05, 4.69) is 20.3 Å². The van der Waals surface area contributed by atoms with Gasteiger partial charge in [-0.3, -0.25) is 9.79 Å². The van der Waals surface area contributed by atoms with Crippen molar-refractivity contribution in [3.05, 3.63) is 77.1 Å². The van der Waals surface area contributed by atoms with Crippen LogP contribution in [-0.4, -0.2) is 26.3 Å². The summed E-state index contributed by atoms with van der Waals surface area (Å²) in [5, 5.41) is 11.9. The normalized spacial score (nSPS) is 17.6. The molecule has 150 valence electrons. The van der Waals surface area contributed by atoms with Crippen molar-refractivity contribution in [1.29, 1.82) is 5.26 Å². The Labute approximate surface area is 169 Å². The number of imidazole rings is 1. The van der Waals surface area contributed by atoms with Gasteiger partial charge in [0.15, 0.2) is 11.7 Å². The molecule has 0 fully saturated rings. The van der Waals surface area contributed by atoms with Gasteiger partial charge in [0, 0.05) is 11.3 Å². The summed E-state index contributed by atoms with van der Waals surface area (Å²) in [6.45, 7) is 1.81. The number of amidine groups is 1. The first-order valence-electron chi connectivity index (χ1n) is 8.85. The molecule has 1 unspecified atom stereocenters. The fourth-order valence-corrected chi connectivity index (χ4v) is 3.35. The lowest BCUT2D eigenvalue weighted by Crippen LogP contribution is -2.38. The molecule has 1 amide bonds. The number of aliphatic imine (C=N–C) groups is 1. The molecule has 8 nitrogen and oxygen atoms in total. The Hall–Kier alpha value is -4.13. The number of nitrogens with one attached hydrogen (secondary N) is 1. The molecule has 0 bridgehead atoms. The van der Waals surface area contributed by atoms with E-state index in [0.717, 1.165) is 12.3 Å². The number of hydrogen-bond acceptors (Lipinski definition) is 6. The number of benzene rings is 1. The van der Waals surface area contributed by atoms with Crippen molar-refractivity contribution in [3.63, 3.8) is 0 Å². The number of aromatic nitrogens is 3. The van der Waals surface area contributed by atoms with Crippen molar-refractivity contribution < 1.29 is 13.6 Å². The average molecular weight is 407 g/mol. The molecule has 0 saturated carbocycles. The smallest absolute Gasteiger partial charge is 0.274 e. The molecule has 3 aromatic rings. The molecule has 4 rings (SSSR count). The minimum Gasteiger partial charge on any atom is -0.381 e. The van der Waals surface area contributed by atoms with Gasteiger partial charge in [-0.25, -0.2) is 18.7 Å². The molecule has 1 aliphatic heterocycles. The van der Waals surface area contributed by atoms with Gasteiger partial charge in [-0.15, -0.1) is 0 Å². The average Bonchev–Trinajstić information content (AvgIpc) is 3.12. The predicted molar refractivity (Wildman–Crippen MR) is 104 cm³/mol. The number of anilines is 1. The fraction of sp³-hybridized carbons (Fsp3) is 0.150. The number of carbonyl (C=O) groups excluding carboxylic acids is 1. The Balaban J connectivity index is 1.68. The molecule has 3 heterocycles. The van der Waals surface area contributed by atoms with Gasteiger partial charge in [-0.2, -0.15) is 5.26 Å². The Morgan fingerprint density at radius 2 is 2.07 bits per heavy atom. The van der Waals surface area contributed by atoms with Crippen LogP contribution >= 0.6 is 0 Å². The van der Waals surface area contributed by atoms with E-state index in [1.165, 1.54) is 30.5 Å². The zero-order chi connectivity index (χ0) is 21.5. The second kappa shape index (κ2) is 7.04. The summed E-state index contributed by atoms with van der Waals surface area (Å²) in [7, 11) is 0. The zero-order valence-corrected chi connectivity index (χ0v) is 15.7. The number of nitriles is 1. The molecule has 0 saturated heterocycles. The predicted octanol–water partition coefficient (Wildman–Crippen LogP) is 2.31. The van der Waals surface area contributed by atoms with Gasteiger partial charge in [0.05, 0.1) is 18.9 Å². The second-order valence-electron chi connectivity index (χ2n) is 6.95. The van der Waals surface area contributed by atoms with Crippen LogP contribution in [0, 0.1) is 23.0 Å². The molecule has 1 aliphatic rings. The Bertz CT molecular complexity index is 1230. The van der Waals surface area contributed by atoms with Crippen LogP contribution in [0.2, 0.25) is 0 Å². The van der Waals surface area contributed by atoms with Crippen molar-refractivity contribution >= 4 is 17.4 Å². The number of carbonyl (C=O) groups is 1. The Morgan fingerprint density at radius 3 is 2.77 bits per heavy atom. The quantitative estimate of drug-likeness (QED) is 0.690. The molecule has 30 heavy (non-hydrogen) atoms. The summed E-state index contributed by atoms with van der Waals surface area (Å²) < 4.78 is 29.3. The highest BCUT2D eigenvalue weighted by molar-refractivity contribution is 6.02. The molecular weight excluding hydrogens is 392 g/mol. The number of fused-ring (bicyclic) bond motifs is 1. The van der Waals surface area contributed by atoms with E-state index >= 15 is 0 Å². The van der Waals surface area contributed by atoms with Crippen LogP contribution in [0.4, 0.5) is 14.5 Å². The third-order valence-corrected chi connectivity index (χ3v) is 4.80. The summed E-state index contributed by atoms with van der Waals surface area (Å²) in [5.41, 5.74) is 5.64. The maximum atomic E-state index is 14.7. The highest BCUT2D eigenvalue weighted by Crippen LogP contribution is 2.35. The maximum Gasteiger partial charge on any atom is 0.274 e. The topological polar surface area (TPSA) is 122 Å². The van der Waals surface area contributed by atoms with Crippen molar-refractivity contribution in [2.24, 2.45) is 10.7 Å². The van der Waals surface area contributed by atoms with E-state index < -0.39 is 23.1 Å². The Kier molecular flexibility index (Phi) is 4.50. The summed E-state index contributed by atoms with van der Waals surface area (Å²) in [5.74, 6) is -1.26. The van der Waals surface area contributed by atoms with E-state index in [1.807, 2.05) is 6.07 Å². The molecule has 3 N–H and O–H groups in total. The van der Waals surface area contributed by atoms with Gasteiger partial charge in [-0.05, 0) is 37.3 Å². The van der Waals surface area contributed by atoms with Crippen LogP contribution < -0.4 is 11.1 Å². The third-order valence-electron chi connectivity index (χ3n) is 4.80. The van der Waals surface area contributed by atoms with Gasteiger partial charge in [0.1, 0.15) is 34.6 Å². The number of halogens is 2. The SMILES string of the molecule is CC1(c2cc(NC(=O)c3ccc(F)cn3)ccc2F)Cn2c(C#N)cnc2C(N)=N1. The lowest BCUT2D eigenvalue weighted by molar-refractivity contribution is 0.102. The molecule has 10 heteroatoms. The number of nitrogens with zero attached hydrogens (tertiary/aromatic N) is 5. The van der Waals surface area contributed by atoms with Crippen molar-refractivity contribution in [2.75, 3.05) is 5.32 Å². The summed E-state index contributed by atoms with van der Waals surface area (Å²) >= 11 is 0. The van der Waals surface area contributed by atoms with Gasteiger partial charge in [-0.1, -0.05) is 0 Å². The van der Waals surface area contributed by atoms with Gasteiger partial charge in [0.2, 0.25) is 0 Å². The van der Waals surface area contributed by atoms with Gasteiger partial charge < -0.3 is 15.6 Å². The standard InChI is InChI=1S/C20H15F2N7O/c1-20(10-29-13(7-23)9-26-18(29)17(24)28-20)14-6-12(3-4-15(14)22)27-19(30)16-5-2-11(21)8-25-16/h2-6,8-9H,10H2,1H3,(H2,24,28)(H,27,30). The van der Waals surface area contributed by atoms with Crippen LogP contribution in [0.15, 0.2) is 47.7 Å². The summed E-state index contributed by atoms with van der Waals surface area (Å²) in [6, 6.07) is 8.43. The van der Waals surface area contributed by atoms with Crippen LogP contribution in [0.5, 0.6) is 0 Å². The minimum absolute atomic E-state index is 0.00939. The van der Waals surface area contributed by atoms with Crippen molar-refractivity contribution in [3.8, 4) is 6.07 Å². The molecule has 0 spiro atoms. The third kappa shape index (κ3) is 3.26. The van der Waals surface area contributed by atoms with Crippen LogP contribution in [0.25, 0.3) is 0 Å². The van der Waals surface area contributed by atoms with Crippen LogP contribution in [-0.2, 0) is 12.1 Å². The second-order valence-corrected chi connectivity index (χ2v) is 6.95. The number of pyridine rings is 1. The van der Waals surface area contributed by atoms with Gasteiger partial charge >= 0.3 is 0 Å². The largest absolute Gasteiger partial charge is 0.381 e. The maximum absolute atomic E-state index is 14.7. The van der Waals surface area contributed by atoms with E-state index in [-0.39, 0.29) is 29.3 Å². The summed E-state index contributed by atoms with van der Waals surface area (Å²) in [4.78, 5) is 24.6. The number of amides is 1. The molecule has 0 radical (unpaired) electrons. The number of hydrogen-bond donors (Lipinski definition) is 2. The first-order chi connectivity index (χ1) is 14.3. The van der Waals surface area contributed by atoms with E-state index in [9.17, 15) is 18.8 Å². The molecule has 0 aliphatic carbocycles. The van der Waals surface area contributed by atoms with Crippen LogP contribution in [0.3, 0.4) is 0 Å². The monoisotopic (exact) mass is 407 g/mol. The highest BCUT2D eigenvalue weighted by Gasteiger charge is 2.36. The number of rotatable bonds is 3. The Morgan fingerprint density at radius 1 is 1.27 bits per heavy atom. The lowest BCUT2D eigenvalue weighted by Gasteiger charge is -2.32. The first kappa shape index (κ1) is 19.2. The van der Waals surface area contributed by atoms with E-state index in [1.54, 1.807) is 11.5 Å². The summed E-state index contributed by atoms with van der Waals surface area (Å²) in [6.07, 6.45) is 2.31. The zero-order valence-electron chi connectivity index (χ0n) is 15.7. The molecule has 1 aromatic carbocycles. The molecular formula is C20H15F2N7O. The fourth-order valence-electron chi connectivity index (χ4n) is 3.35. The molecule has 1 atom stereocenters. The highest BCUT2D eigenvalue weighted by atomic mass is 19.1. The van der Waals surface area contributed by atoms with Crippen molar-refractivity contribution in [2.45, 2.75) is 19.0 Å². The van der Waals surface area contributed by atoms with Crippen LogP contribution in [0.1, 0.15) is 34.5 Å². The number of nitrogens with two attached hydrogens (primary N) is 1. The van der Waals surface area contributed by atoms with E-state index in [4.69, 9.17) is 5.73 Å². The van der Waals surface area contributed by atoms with Crippen molar-refractivity contribution in [1.82, 2.24) is 14.5 Å². The lowest BCUT2D eigenvalue weighted by atomic mass is 9.90. The first-order valence-corrected chi connectivity index (χ1v) is 8.85. The van der Waals surface area contributed by atoms with Gasteiger partial charge in [0.25, 0.3) is 5.91 Å². The van der Waals surface area contributed by atoms with E-state index in [0.29, 0.717) is 11.5 Å².